The first kappa shape index (κ1) is 16.1. The van der Waals surface area contributed by atoms with Gasteiger partial charge in [0.05, 0.1) is 0 Å². The van der Waals surface area contributed by atoms with Gasteiger partial charge in [0.1, 0.15) is 18.0 Å². The van der Waals surface area contributed by atoms with E-state index < -0.39 is 0 Å². The summed E-state index contributed by atoms with van der Waals surface area (Å²) in [6.07, 6.45) is 7.65. The first-order valence-electron chi connectivity index (χ1n) is 8.15. The summed E-state index contributed by atoms with van der Waals surface area (Å²) >= 11 is 0. The first-order chi connectivity index (χ1) is 11.7. The van der Waals surface area contributed by atoms with Crippen LogP contribution in [0.4, 0.5) is 11.6 Å². The fraction of sp³-hybridized carbons (Fsp3) is 0.333. The number of nitrogens with zero attached hydrogens (tertiary/aromatic N) is 4. The van der Waals surface area contributed by atoms with Crippen molar-refractivity contribution >= 4 is 17.5 Å². The average Bonchev–Trinajstić information content (AvgIpc) is 2.62. The second kappa shape index (κ2) is 7.68. The minimum atomic E-state index is 0.0138. The van der Waals surface area contributed by atoms with Gasteiger partial charge in [-0.15, -0.1) is 0 Å². The molecule has 0 radical (unpaired) electrons. The summed E-state index contributed by atoms with van der Waals surface area (Å²) in [5.41, 5.74) is 0.973. The van der Waals surface area contributed by atoms with Crippen LogP contribution in [-0.4, -0.2) is 38.8 Å². The molecule has 3 heterocycles. The third-order valence-corrected chi connectivity index (χ3v) is 4.15. The van der Waals surface area contributed by atoms with E-state index in [9.17, 15) is 4.79 Å². The summed E-state index contributed by atoms with van der Waals surface area (Å²) in [6.45, 7) is 5.15. The quantitative estimate of drug-likeness (QED) is 0.856. The Labute approximate surface area is 141 Å². The zero-order valence-electron chi connectivity index (χ0n) is 13.6. The number of piperidine rings is 1. The van der Waals surface area contributed by atoms with Crippen LogP contribution in [0.25, 0.3) is 0 Å². The molecule has 0 spiro atoms. The van der Waals surface area contributed by atoms with Crippen LogP contribution in [-0.2, 0) is 11.2 Å². The Kier molecular flexibility index (Phi) is 5.15. The van der Waals surface area contributed by atoms with Gasteiger partial charge < -0.3 is 10.2 Å². The van der Waals surface area contributed by atoms with E-state index in [1.807, 2.05) is 29.2 Å². The molecule has 6 heteroatoms. The van der Waals surface area contributed by atoms with Crippen LogP contribution in [0.2, 0.25) is 0 Å². The van der Waals surface area contributed by atoms with E-state index in [1.165, 1.54) is 6.08 Å². The minimum Gasteiger partial charge on any atom is -0.339 e. The van der Waals surface area contributed by atoms with E-state index >= 15 is 0 Å². The molecule has 1 atom stereocenters. The zero-order valence-corrected chi connectivity index (χ0v) is 13.6. The Morgan fingerprint density at radius 2 is 2.25 bits per heavy atom. The van der Waals surface area contributed by atoms with E-state index in [0.29, 0.717) is 5.92 Å². The fourth-order valence-electron chi connectivity index (χ4n) is 3.00. The van der Waals surface area contributed by atoms with E-state index in [0.717, 1.165) is 49.7 Å². The Balaban J connectivity index is 1.64. The minimum absolute atomic E-state index is 0.0138. The first-order valence-corrected chi connectivity index (χ1v) is 8.15. The number of hydrogen-bond donors (Lipinski definition) is 1. The molecular formula is C18H21N5O. The molecule has 1 amide bonds. The van der Waals surface area contributed by atoms with Crippen LogP contribution in [0, 0.1) is 5.92 Å². The number of aromatic nitrogens is 3. The molecular weight excluding hydrogens is 302 g/mol. The van der Waals surface area contributed by atoms with Crippen LogP contribution in [0.3, 0.4) is 0 Å². The largest absolute Gasteiger partial charge is 0.339 e. The van der Waals surface area contributed by atoms with Crippen LogP contribution >= 0.6 is 0 Å². The highest BCUT2D eigenvalue weighted by Gasteiger charge is 2.22. The SMILES string of the molecule is C=CC(=O)N1CCC[C@@H](Cc2cc(Nc3ccccn3)ncn2)C1. The molecule has 1 aliphatic heterocycles. The Morgan fingerprint density at radius 1 is 1.33 bits per heavy atom. The number of anilines is 2. The topological polar surface area (TPSA) is 71.0 Å². The highest BCUT2D eigenvalue weighted by Crippen LogP contribution is 2.21. The van der Waals surface area contributed by atoms with E-state index in [2.05, 4.69) is 26.8 Å². The van der Waals surface area contributed by atoms with Crippen molar-refractivity contribution in [2.24, 2.45) is 5.92 Å². The van der Waals surface area contributed by atoms with Gasteiger partial charge in [-0.05, 0) is 43.4 Å². The third-order valence-electron chi connectivity index (χ3n) is 4.15. The molecule has 1 N–H and O–H groups in total. The van der Waals surface area contributed by atoms with E-state index in [-0.39, 0.29) is 5.91 Å². The molecule has 0 unspecified atom stereocenters. The summed E-state index contributed by atoms with van der Waals surface area (Å²) in [5.74, 6) is 1.91. The molecule has 1 aliphatic rings. The van der Waals surface area contributed by atoms with Crippen molar-refractivity contribution in [3.8, 4) is 0 Å². The van der Waals surface area contributed by atoms with Gasteiger partial charge in [0.2, 0.25) is 5.91 Å². The highest BCUT2D eigenvalue weighted by molar-refractivity contribution is 5.87. The molecule has 0 bridgehead atoms. The van der Waals surface area contributed by atoms with Gasteiger partial charge in [0.25, 0.3) is 0 Å². The Morgan fingerprint density at radius 3 is 3.04 bits per heavy atom. The lowest BCUT2D eigenvalue weighted by atomic mass is 9.93. The Hall–Kier alpha value is -2.76. The van der Waals surface area contributed by atoms with Gasteiger partial charge in [-0.1, -0.05) is 12.6 Å². The van der Waals surface area contributed by atoms with Gasteiger partial charge in [-0.25, -0.2) is 15.0 Å². The second-order valence-corrected chi connectivity index (χ2v) is 5.94. The standard InChI is InChI=1S/C18H21N5O/c1-2-18(24)23-9-5-6-14(12-23)10-15-11-17(21-13-20-15)22-16-7-3-4-8-19-16/h2-4,7-8,11,13-14H,1,5-6,9-10,12H2,(H,19,20,21,22)/t14-/m0/s1. The average molecular weight is 323 g/mol. The van der Waals surface area contributed by atoms with E-state index in [1.54, 1.807) is 12.5 Å². The molecule has 1 saturated heterocycles. The highest BCUT2D eigenvalue weighted by atomic mass is 16.2. The maximum absolute atomic E-state index is 11.8. The lowest BCUT2D eigenvalue weighted by Gasteiger charge is -2.32. The summed E-state index contributed by atoms with van der Waals surface area (Å²) in [7, 11) is 0. The van der Waals surface area contributed by atoms with Crippen molar-refractivity contribution in [2.45, 2.75) is 19.3 Å². The van der Waals surface area contributed by atoms with Crippen molar-refractivity contribution in [1.82, 2.24) is 19.9 Å². The van der Waals surface area contributed by atoms with E-state index in [4.69, 9.17) is 0 Å². The van der Waals surface area contributed by atoms with Crippen LogP contribution in [0.15, 0.2) is 49.4 Å². The third kappa shape index (κ3) is 4.16. The second-order valence-electron chi connectivity index (χ2n) is 5.94. The monoisotopic (exact) mass is 323 g/mol. The maximum Gasteiger partial charge on any atom is 0.245 e. The fourth-order valence-corrected chi connectivity index (χ4v) is 3.00. The van der Waals surface area contributed by atoms with Crippen molar-refractivity contribution in [1.29, 1.82) is 0 Å². The van der Waals surface area contributed by atoms with Crippen LogP contribution in [0.1, 0.15) is 18.5 Å². The number of amides is 1. The van der Waals surface area contributed by atoms with Gasteiger partial charge in [-0.3, -0.25) is 4.79 Å². The number of rotatable bonds is 5. The number of hydrogen-bond acceptors (Lipinski definition) is 5. The number of carbonyl (C=O) groups excluding carboxylic acids is 1. The number of nitrogens with one attached hydrogen (secondary N) is 1. The van der Waals surface area contributed by atoms with Crippen molar-refractivity contribution in [3.05, 3.63) is 55.1 Å². The number of pyridine rings is 1. The van der Waals surface area contributed by atoms with Gasteiger partial charge in [0.15, 0.2) is 0 Å². The zero-order chi connectivity index (χ0) is 16.8. The summed E-state index contributed by atoms with van der Waals surface area (Å²) in [4.78, 5) is 26.5. The molecule has 0 saturated carbocycles. The maximum atomic E-state index is 11.8. The smallest absolute Gasteiger partial charge is 0.245 e. The molecule has 3 rings (SSSR count). The van der Waals surface area contributed by atoms with Crippen molar-refractivity contribution < 1.29 is 4.79 Å². The van der Waals surface area contributed by atoms with Crippen LogP contribution in [0.5, 0.6) is 0 Å². The number of likely N-dealkylation sites (tertiary alicyclic amines) is 1. The molecule has 24 heavy (non-hydrogen) atoms. The molecule has 0 aromatic carbocycles. The van der Waals surface area contributed by atoms with Crippen molar-refractivity contribution in [2.75, 3.05) is 18.4 Å². The number of carbonyl (C=O) groups is 1. The Bertz CT molecular complexity index is 704. The van der Waals surface area contributed by atoms with Gasteiger partial charge in [-0.2, -0.15) is 0 Å². The van der Waals surface area contributed by atoms with Gasteiger partial charge >= 0.3 is 0 Å². The molecule has 2 aromatic rings. The molecule has 124 valence electrons. The predicted octanol–water partition coefficient (Wildman–Crippen LogP) is 2.58. The molecule has 1 fully saturated rings. The van der Waals surface area contributed by atoms with Crippen molar-refractivity contribution in [3.63, 3.8) is 0 Å². The molecule has 0 aliphatic carbocycles. The lowest BCUT2D eigenvalue weighted by Crippen LogP contribution is -2.39. The summed E-state index contributed by atoms with van der Waals surface area (Å²) < 4.78 is 0. The molecule has 2 aromatic heterocycles. The predicted molar refractivity (Wildman–Crippen MR) is 92.8 cm³/mol. The summed E-state index contributed by atoms with van der Waals surface area (Å²) in [6, 6.07) is 7.63. The summed E-state index contributed by atoms with van der Waals surface area (Å²) in [5, 5.41) is 3.18. The normalized spacial score (nSPS) is 17.3. The lowest BCUT2D eigenvalue weighted by molar-refractivity contribution is -0.127. The molecule has 6 nitrogen and oxygen atoms in total. The van der Waals surface area contributed by atoms with Gasteiger partial charge in [0, 0.05) is 31.0 Å². The van der Waals surface area contributed by atoms with Crippen LogP contribution < -0.4 is 5.32 Å².